The molecule has 1 saturated heterocycles. The van der Waals surface area contributed by atoms with Gasteiger partial charge in [0.1, 0.15) is 0 Å². The van der Waals surface area contributed by atoms with Crippen LogP contribution in [0.1, 0.15) is 26.2 Å². The molecular weight excluding hydrogens is 212 g/mol. The van der Waals surface area contributed by atoms with E-state index in [4.69, 9.17) is 14.2 Å². The van der Waals surface area contributed by atoms with Crippen LogP contribution in [0.25, 0.3) is 0 Å². The molecule has 16 heavy (non-hydrogen) atoms. The van der Waals surface area contributed by atoms with Gasteiger partial charge in [0.05, 0.1) is 19.3 Å². The Hall–Kier alpha value is -1.36. The first-order valence-corrected chi connectivity index (χ1v) is 5.28. The summed E-state index contributed by atoms with van der Waals surface area (Å²) in [7, 11) is 1.37. The van der Waals surface area contributed by atoms with Gasteiger partial charge in [0.15, 0.2) is 5.76 Å². The summed E-state index contributed by atoms with van der Waals surface area (Å²) in [6, 6.07) is 0. The number of hydrogen-bond acceptors (Lipinski definition) is 5. The number of ketones is 1. The molecule has 1 fully saturated rings. The van der Waals surface area contributed by atoms with E-state index in [0.29, 0.717) is 13.0 Å². The molecule has 88 valence electrons. The largest absolute Gasteiger partial charge is 0.492 e. The summed E-state index contributed by atoms with van der Waals surface area (Å²) in [6.45, 7) is 1.93. The van der Waals surface area contributed by atoms with E-state index in [0.717, 1.165) is 12.8 Å². The van der Waals surface area contributed by atoms with Crippen molar-refractivity contribution in [3.05, 3.63) is 11.3 Å². The van der Waals surface area contributed by atoms with Crippen molar-refractivity contribution in [2.45, 2.75) is 32.0 Å². The minimum absolute atomic E-state index is 0.0538. The van der Waals surface area contributed by atoms with Crippen LogP contribution in [0.5, 0.6) is 0 Å². The number of esters is 1. The maximum atomic E-state index is 12.1. The zero-order valence-corrected chi connectivity index (χ0v) is 9.37. The van der Waals surface area contributed by atoms with Crippen LogP contribution < -0.4 is 0 Å². The third-order valence-corrected chi connectivity index (χ3v) is 2.90. The first-order chi connectivity index (χ1) is 7.60. The predicted molar refractivity (Wildman–Crippen MR) is 53.3 cm³/mol. The molecule has 2 aliphatic heterocycles. The lowest BCUT2D eigenvalue weighted by Gasteiger charge is -2.37. The van der Waals surface area contributed by atoms with Gasteiger partial charge in [0, 0.05) is 6.42 Å². The van der Waals surface area contributed by atoms with Crippen LogP contribution in [-0.4, -0.2) is 31.3 Å². The highest BCUT2D eigenvalue weighted by atomic mass is 16.7. The molecule has 1 spiro atoms. The van der Waals surface area contributed by atoms with Gasteiger partial charge < -0.3 is 14.2 Å². The minimum Gasteiger partial charge on any atom is -0.492 e. The zero-order chi connectivity index (χ0) is 11.8. The van der Waals surface area contributed by atoms with Crippen molar-refractivity contribution in [2.75, 3.05) is 13.7 Å². The third kappa shape index (κ3) is 1.51. The molecule has 0 aromatic rings. The van der Waals surface area contributed by atoms with Crippen LogP contribution in [0.2, 0.25) is 0 Å². The normalized spacial score (nSPS) is 30.6. The first-order valence-electron chi connectivity index (χ1n) is 5.28. The molecule has 0 aromatic heterocycles. The predicted octanol–water partition coefficient (Wildman–Crippen LogP) is 0.929. The second kappa shape index (κ2) is 3.90. The Morgan fingerprint density at radius 2 is 2.06 bits per heavy atom. The van der Waals surface area contributed by atoms with Crippen LogP contribution in [-0.2, 0) is 23.8 Å². The second-order valence-electron chi connectivity index (χ2n) is 3.94. The van der Waals surface area contributed by atoms with Gasteiger partial charge in [-0.1, -0.05) is 0 Å². The van der Waals surface area contributed by atoms with E-state index in [-0.39, 0.29) is 17.1 Å². The molecule has 5 nitrogen and oxygen atoms in total. The molecule has 2 aliphatic rings. The first kappa shape index (κ1) is 11.1. The monoisotopic (exact) mass is 226 g/mol. The molecule has 0 bridgehead atoms. The van der Waals surface area contributed by atoms with E-state index in [1.54, 1.807) is 0 Å². The van der Waals surface area contributed by atoms with Crippen molar-refractivity contribution in [3.8, 4) is 0 Å². The summed E-state index contributed by atoms with van der Waals surface area (Å²) in [5, 5.41) is 0. The smallest absolute Gasteiger partial charge is 0.340 e. The maximum Gasteiger partial charge on any atom is 0.340 e. The highest BCUT2D eigenvalue weighted by Crippen LogP contribution is 2.35. The maximum absolute atomic E-state index is 12.1. The van der Waals surface area contributed by atoms with Gasteiger partial charge in [0.25, 0.3) is 11.6 Å². The van der Waals surface area contributed by atoms with Crippen LogP contribution in [0.4, 0.5) is 0 Å². The average Bonchev–Trinajstić information content (AvgIpc) is 2.29. The van der Waals surface area contributed by atoms with Gasteiger partial charge in [-0.25, -0.2) is 4.79 Å². The number of Topliss-reactive ketones (excluding diaryl/α,β-unsaturated/α-hetero) is 1. The summed E-state index contributed by atoms with van der Waals surface area (Å²) in [4.78, 5) is 23.7. The van der Waals surface area contributed by atoms with Crippen molar-refractivity contribution in [2.24, 2.45) is 0 Å². The number of hydrogen-bond donors (Lipinski definition) is 0. The van der Waals surface area contributed by atoms with Crippen LogP contribution in [0.15, 0.2) is 11.3 Å². The Bertz CT molecular complexity index is 363. The van der Waals surface area contributed by atoms with Crippen molar-refractivity contribution >= 4 is 11.8 Å². The Kier molecular flexibility index (Phi) is 2.71. The van der Waals surface area contributed by atoms with Gasteiger partial charge in [-0.3, -0.25) is 4.79 Å². The van der Waals surface area contributed by atoms with E-state index >= 15 is 0 Å². The summed E-state index contributed by atoms with van der Waals surface area (Å²) in [6.07, 6.45) is 2.07. The molecule has 0 N–H and O–H groups in total. The second-order valence-corrected chi connectivity index (χ2v) is 3.94. The minimum atomic E-state index is -1.43. The van der Waals surface area contributed by atoms with Gasteiger partial charge in [-0.05, 0) is 19.8 Å². The Morgan fingerprint density at radius 3 is 2.62 bits per heavy atom. The van der Waals surface area contributed by atoms with Crippen molar-refractivity contribution in [3.63, 3.8) is 0 Å². The van der Waals surface area contributed by atoms with Gasteiger partial charge in [-0.15, -0.1) is 0 Å². The molecule has 0 radical (unpaired) electrons. The number of carbonyl (C=O) groups is 2. The van der Waals surface area contributed by atoms with Crippen molar-refractivity contribution in [1.29, 1.82) is 0 Å². The highest BCUT2D eigenvalue weighted by Gasteiger charge is 2.51. The fourth-order valence-corrected chi connectivity index (χ4v) is 1.98. The molecule has 0 saturated carbocycles. The standard InChI is InChI=1S/C11H14O5/c1-7-8(14-2)9(12)11(16-10(7)13)5-3-4-6-15-11/h3-6H2,1-2H3. The summed E-state index contributed by atoms with van der Waals surface area (Å²) in [5.41, 5.74) is 0.201. The molecule has 1 atom stereocenters. The highest BCUT2D eigenvalue weighted by molar-refractivity contribution is 6.09. The van der Waals surface area contributed by atoms with Gasteiger partial charge >= 0.3 is 5.97 Å². The Morgan fingerprint density at radius 1 is 1.31 bits per heavy atom. The van der Waals surface area contributed by atoms with E-state index in [1.807, 2.05) is 0 Å². The Balaban J connectivity index is 2.38. The number of ether oxygens (including phenoxy) is 3. The molecule has 0 aliphatic carbocycles. The third-order valence-electron chi connectivity index (χ3n) is 2.90. The summed E-state index contributed by atoms with van der Waals surface area (Å²) < 4.78 is 15.4. The average molecular weight is 226 g/mol. The number of methoxy groups -OCH3 is 1. The van der Waals surface area contributed by atoms with Crippen molar-refractivity contribution < 1.29 is 23.8 Å². The van der Waals surface area contributed by atoms with E-state index in [2.05, 4.69) is 0 Å². The molecular formula is C11H14O5. The fourth-order valence-electron chi connectivity index (χ4n) is 1.98. The topological polar surface area (TPSA) is 61.8 Å². The summed E-state index contributed by atoms with van der Waals surface area (Å²) in [5.74, 6) is -2.30. The van der Waals surface area contributed by atoms with Crippen LogP contribution >= 0.6 is 0 Å². The molecule has 0 aromatic carbocycles. The van der Waals surface area contributed by atoms with Gasteiger partial charge in [0.2, 0.25) is 0 Å². The molecule has 0 amide bonds. The van der Waals surface area contributed by atoms with E-state index in [9.17, 15) is 9.59 Å². The summed E-state index contributed by atoms with van der Waals surface area (Å²) >= 11 is 0. The lowest BCUT2D eigenvalue weighted by molar-refractivity contribution is -0.238. The van der Waals surface area contributed by atoms with Crippen LogP contribution in [0, 0.1) is 0 Å². The van der Waals surface area contributed by atoms with Crippen LogP contribution in [0.3, 0.4) is 0 Å². The molecule has 2 heterocycles. The lowest BCUT2D eigenvalue weighted by Crippen LogP contribution is -2.52. The number of rotatable bonds is 1. The fraction of sp³-hybridized carbons (Fsp3) is 0.636. The van der Waals surface area contributed by atoms with E-state index < -0.39 is 11.8 Å². The molecule has 2 rings (SSSR count). The van der Waals surface area contributed by atoms with Gasteiger partial charge in [-0.2, -0.15) is 0 Å². The lowest BCUT2D eigenvalue weighted by atomic mass is 9.96. The van der Waals surface area contributed by atoms with Crippen molar-refractivity contribution in [1.82, 2.24) is 0 Å². The quantitative estimate of drug-likeness (QED) is 0.622. The van der Waals surface area contributed by atoms with E-state index in [1.165, 1.54) is 14.0 Å². The Labute approximate surface area is 93.4 Å². The number of carbonyl (C=O) groups excluding carboxylic acids is 2. The zero-order valence-electron chi connectivity index (χ0n) is 9.37. The SMILES string of the molecule is COC1=C(C)C(=O)OC2(CCCCO2)C1=O. The molecule has 5 heteroatoms. The molecule has 1 unspecified atom stereocenters.